The van der Waals surface area contributed by atoms with E-state index in [4.69, 9.17) is 11.0 Å². The van der Waals surface area contributed by atoms with Gasteiger partial charge in [-0.15, -0.1) is 0 Å². The van der Waals surface area contributed by atoms with Crippen molar-refractivity contribution in [1.29, 1.82) is 5.26 Å². The number of hydrogen-bond acceptors (Lipinski definition) is 3. The molecule has 4 nitrogen and oxygen atoms in total. The summed E-state index contributed by atoms with van der Waals surface area (Å²) in [5, 5.41) is 9.11. The van der Waals surface area contributed by atoms with E-state index >= 15 is 0 Å². The van der Waals surface area contributed by atoms with Crippen molar-refractivity contribution in [2.45, 2.75) is 27.2 Å². The van der Waals surface area contributed by atoms with Crippen LogP contribution in [0.2, 0.25) is 0 Å². The number of nitrogens with two attached hydrogens (primary N) is 1. The number of hydrogen-bond donors (Lipinski definition) is 1. The van der Waals surface area contributed by atoms with Crippen molar-refractivity contribution in [3.63, 3.8) is 0 Å². The van der Waals surface area contributed by atoms with E-state index in [0.29, 0.717) is 12.3 Å². The van der Waals surface area contributed by atoms with Crippen LogP contribution in [0, 0.1) is 22.7 Å². The van der Waals surface area contributed by atoms with Crippen LogP contribution in [0.15, 0.2) is 29.5 Å². The van der Waals surface area contributed by atoms with Crippen LogP contribution in [0.25, 0.3) is 0 Å². The Labute approximate surface area is 102 Å². The molecule has 1 rings (SSSR count). The van der Waals surface area contributed by atoms with Gasteiger partial charge in [-0.25, -0.2) is 4.99 Å². The zero-order valence-corrected chi connectivity index (χ0v) is 10.5. The predicted octanol–water partition coefficient (Wildman–Crippen LogP) is 2.65. The number of nitrogens with zero attached hydrogens (tertiary/aromatic N) is 3. The molecular formula is C13H18N4. The molecule has 0 amide bonds. The first-order valence-corrected chi connectivity index (χ1v) is 5.56. The largest absolute Gasteiger partial charge is 0.387 e. The van der Waals surface area contributed by atoms with Crippen LogP contribution >= 0.6 is 0 Å². The van der Waals surface area contributed by atoms with Gasteiger partial charge in [-0.3, -0.25) is 4.98 Å². The highest BCUT2D eigenvalue weighted by Crippen LogP contribution is 2.28. The normalized spacial score (nSPS) is 14.1. The molecule has 1 atom stereocenters. The van der Waals surface area contributed by atoms with Crippen molar-refractivity contribution >= 4 is 11.5 Å². The number of nitriles is 1. The third-order valence-electron chi connectivity index (χ3n) is 2.55. The van der Waals surface area contributed by atoms with E-state index in [1.54, 1.807) is 24.5 Å². The monoisotopic (exact) mass is 230 g/mol. The van der Waals surface area contributed by atoms with Crippen LogP contribution in [0.1, 0.15) is 27.2 Å². The Morgan fingerprint density at radius 3 is 2.53 bits per heavy atom. The van der Waals surface area contributed by atoms with E-state index in [2.05, 4.69) is 16.0 Å². The average Bonchev–Trinajstić information content (AvgIpc) is 2.25. The van der Waals surface area contributed by atoms with E-state index < -0.39 is 0 Å². The summed E-state index contributed by atoms with van der Waals surface area (Å²) < 4.78 is 0. The summed E-state index contributed by atoms with van der Waals surface area (Å²) in [6.07, 6.45) is 3.82. The predicted molar refractivity (Wildman–Crippen MR) is 68.7 cm³/mol. The zero-order chi connectivity index (χ0) is 12.9. The Hall–Kier alpha value is -1.89. The van der Waals surface area contributed by atoms with Gasteiger partial charge in [0.15, 0.2) is 0 Å². The quantitative estimate of drug-likeness (QED) is 0.640. The SMILES string of the molecule is CC(C)(C)C(C#N)CC(N)=Nc1ccncc1. The van der Waals surface area contributed by atoms with Gasteiger partial charge in [0, 0.05) is 18.8 Å². The first kappa shape index (κ1) is 13.2. The highest BCUT2D eigenvalue weighted by Gasteiger charge is 2.25. The fourth-order valence-electron chi connectivity index (χ4n) is 1.38. The smallest absolute Gasteiger partial charge is 0.101 e. The maximum Gasteiger partial charge on any atom is 0.101 e. The molecule has 2 N–H and O–H groups in total. The second-order valence-electron chi connectivity index (χ2n) is 5.06. The second kappa shape index (κ2) is 5.44. The van der Waals surface area contributed by atoms with Gasteiger partial charge in [-0.2, -0.15) is 5.26 Å². The standard InChI is InChI=1S/C13H18N4/c1-13(2,3)10(9-14)8-12(15)17-11-4-6-16-7-5-11/h4-7,10H,8H2,1-3H3,(H2,15,16,17). The molecule has 0 bridgehead atoms. The molecule has 0 aromatic carbocycles. The summed E-state index contributed by atoms with van der Waals surface area (Å²) in [5.41, 5.74) is 6.53. The minimum atomic E-state index is -0.131. The number of pyridine rings is 1. The zero-order valence-electron chi connectivity index (χ0n) is 10.5. The minimum Gasteiger partial charge on any atom is -0.387 e. The summed E-state index contributed by atoms with van der Waals surface area (Å²) >= 11 is 0. The van der Waals surface area contributed by atoms with E-state index in [1.807, 2.05) is 20.8 Å². The highest BCUT2D eigenvalue weighted by atomic mass is 14.9. The number of rotatable bonds is 3. The van der Waals surface area contributed by atoms with Crippen molar-refractivity contribution < 1.29 is 0 Å². The van der Waals surface area contributed by atoms with Gasteiger partial charge in [0.2, 0.25) is 0 Å². The maximum absolute atomic E-state index is 9.11. The van der Waals surface area contributed by atoms with Gasteiger partial charge in [0.05, 0.1) is 17.7 Å². The maximum atomic E-state index is 9.11. The molecule has 0 aliphatic heterocycles. The topological polar surface area (TPSA) is 75.1 Å². The number of aromatic nitrogens is 1. The molecule has 17 heavy (non-hydrogen) atoms. The Balaban J connectivity index is 2.76. The number of aliphatic imine (C=N–C) groups is 1. The van der Waals surface area contributed by atoms with E-state index in [1.165, 1.54) is 0 Å². The third kappa shape index (κ3) is 4.23. The lowest BCUT2D eigenvalue weighted by molar-refractivity contribution is 0.307. The van der Waals surface area contributed by atoms with Crippen molar-refractivity contribution in [2.75, 3.05) is 0 Å². The molecule has 0 aliphatic carbocycles. The van der Waals surface area contributed by atoms with Crippen molar-refractivity contribution in [3.05, 3.63) is 24.5 Å². The van der Waals surface area contributed by atoms with Crippen LogP contribution in [-0.2, 0) is 0 Å². The van der Waals surface area contributed by atoms with E-state index in [-0.39, 0.29) is 11.3 Å². The fraction of sp³-hybridized carbons (Fsp3) is 0.462. The molecule has 1 aromatic heterocycles. The molecule has 90 valence electrons. The first-order valence-electron chi connectivity index (χ1n) is 5.56. The molecule has 1 heterocycles. The van der Waals surface area contributed by atoms with Gasteiger partial charge in [-0.05, 0) is 17.5 Å². The highest BCUT2D eigenvalue weighted by molar-refractivity contribution is 5.83. The molecule has 0 radical (unpaired) electrons. The lowest BCUT2D eigenvalue weighted by Crippen LogP contribution is -2.25. The molecule has 0 spiro atoms. The molecule has 0 aliphatic rings. The molecule has 0 saturated heterocycles. The van der Waals surface area contributed by atoms with Crippen LogP contribution in [0.4, 0.5) is 5.69 Å². The lowest BCUT2D eigenvalue weighted by Gasteiger charge is -2.24. The second-order valence-corrected chi connectivity index (χ2v) is 5.06. The van der Waals surface area contributed by atoms with Crippen molar-refractivity contribution in [1.82, 2.24) is 4.98 Å². The molecule has 0 fully saturated rings. The summed E-state index contributed by atoms with van der Waals surface area (Å²) in [7, 11) is 0. The van der Waals surface area contributed by atoms with Crippen LogP contribution in [-0.4, -0.2) is 10.8 Å². The summed E-state index contributed by atoms with van der Waals surface area (Å²) in [6.45, 7) is 6.09. The molecular weight excluding hydrogens is 212 g/mol. The van der Waals surface area contributed by atoms with Crippen molar-refractivity contribution in [3.8, 4) is 6.07 Å². The van der Waals surface area contributed by atoms with Gasteiger partial charge in [-0.1, -0.05) is 20.8 Å². The van der Waals surface area contributed by atoms with Crippen LogP contribution < -0.4 is 5.73 Å². The van der Waals surface area contributed by atoms with Crippen molar-refractivity contribution in [2.24, 2.45) is 22.1 Å². The van der Waals surface area contributed by atoms with Crippen LogP contribution in [0.5, 0.6) is 0 Å². The Morgan fingerprint density at radius 1 is 1.47 bits per heavy atom. The summed E-state index contributed by atoms with van der Waals surface area (Å²) in [5.74, 6) is 0.353. The third-order valence-corrected chi connectivity index (χ3v) is 2.55. The first-order chi connectivity index (χ1) is 7.93. The summed E-state index contributed by atoms with van der Waals surface area (Å²) in [6, 6.07) is 5.85. The van der Waals surface area contributed by atoms with E-state index in [0.717, 1.165) is 5.69 Å². The summed E-state index contributed by atoms with van der Waals surface area (Å²) in [4.78, 5) is 8.17. The van der Waals surface area contributed by atoms with Gasteiger partial charge in [0.25, 0.3) is 0 Å². The fourth-order valence-corrected chi connectivity index (χ4v) is 1.38. The Kier molecular flexibility index (Phi) is 4.22. The average molecular weight is 230 g/mol. The molecule has 1 unspecified atom stereocenters. The van der Waals surface area contributed by atoms with Gasteiger partial charge < -0.3 is 5.73 Å². The van der Waals surface area contributed by atoms with Gasteiger partial charge >= 0.3 is 0 Å². The molecule has 0 saturated carbocycles. The molecule has 1 aromatic rings. The lowest BCUT2D eigenvalue weighted by atomic mass is 9.79. The van der Waals surface area contributed by atoms with Crippen LogP contribution in [0.3, 0.4) is 0 Å². The Morgan fingerprint density at radius 2 is 2.06 bits per heavy atom. The minimum absolute atomic E-state index is 0.0901. The number of amidine groups is 1. The van der Waals surface area contributed by atoms with Gasteiger partial charge in [0.1, 0.15) is 5.84 Å². The molecule has 4 heteroatoms. The Bertz CT molecular complexity index is 423. The van der Waals surface area contributed by atoms with E-state index in [9.17, 15) is 0 Å².